The van der Waals surface area contributed by atoms with Crippen LogP contribution >= 0.6 is 0 Å². The van der Waals surface area contributed by atoms with Gasteiger partial charge in [0.15, 0.2) is 0 Å². The van der Waals surface area contributed by atoms with Crippen molar-refractivity contribution < 1.29 is 9.90 Å². The minimum absolute atomic E-state index is 0.0818. The van der Waals surface area contributed by atoms with Crippen molar-refractivity contribution >= 4 is 5.91 Å². The van der Waals surface area contributed by atoms with Gasteiger partial charge in [-0.1, -0.05) is 43.4 Å². The van der Waals surface area contributed by atoms with Crippen LogP contribution in [-0.2, 0) is 11.3 Å². The van der Waals surface area contributed by atoms with E-state index in [0.29, 0.717) is 25.3 Å². The Morgan fingerprint density at radius 3 is 2.95 bits per heavy atom. The van der Waals surface area contributed by atoms with Crippen LogP contribution in [0, 0.1) is 17.8 Å². The Bertz CT molecular complexity index is 542. The van der Waals surface area contributed by atoms with Gasteiger partial charge in [0.05, 0.1) is 6.61 Å². The van der Waals surface area contributed by atoms with Crippen molar-refractivity contribution in [1.29, 1.82) is 0 Å². The topological polar surface area (TPSA) is 40.5 Å². The number of carbonyl (C=O) groups excluding carboxylic acids is 1. The van der Waals surface area contributed by atoms with Gasteiger partial charge in [-0.3, -0.25) is 4.79 Å². The van der Waals surface area contributed by atoms with Gasteiger partial charge in [-0.25, -0.2) is 0 Å². The number of hydrogen-bond acceptors (Lipinski definition) is 2. The fourth-order valence-corrected chi connectivity index (χ4v) is 2.81. The highest BCUT2D eigenvalue weighted by molar-refractivity contribution is 5.78. The van der Waals surface area contributed by atoms with Crippen molar-refractivity contribution in [2.24, 2.45) is 5.92 Å². The first-order chi connectivity index (χ1) is 10.2. The molecule has 1 unspecified atom stereocenters. The Labute approximate surface area is 127 Å². The smallest absolute Gasteiger partial charge is 0.223 e. The second kappa shape index (κ2) is 7.85. The number of carbonyl (C=O) groups is 1. The molecule has 1 amide bonds. The van der Waals surface area contributed by atoms with Gasteiger partial charge in [-0.15, -0.1) is 0 Å². The molecule has 1 saturated heterocycles. The zero-order chi connectivity index (χ0) is 15.1. The molecule has 0 saturated carbocycles. The van der Waals surface area contributed by atoms with Crippen LogP contribution in [0.3, 0.4) is 0 Å². The van der Waals surface area contributed by atoms with Gasteiger partial charge < -0.3 is 10.0 Å². The number of aliphatic hydroxyl groups is 1. The van der Waals surface area contributed by atoms with E-state index in [9.17, 15) is 4.79 Å². The second-order valence-corrected chi connectivity index (χ2v) is 5.57. The largest absolute Gasteiger partial charge is 0.395 e. The number of hydrogen-bond donors (Lipinski definition) is 1. The van der Waals surface area contributed by atoms with E-state index in [-0.39, 0.29) is 12.5 Å². The van der Waals surface area contributed by atoms with Crippen LogP contribution in [0.5, 0.6) is 0 Å². The van der Waals surface area contributed by atoms with E-state index < -0.39 is 0 Å². The molecule has 1 aromatic carbocycles. The zero-order valence-corrected chi connectivity index (χ0v) is 12.6. The maximum atomic E-state index is 12.1. The van der Waals surface area contributed by atoms with Gasteiger partial charge in [0.1, 0.15) is 0 Å². The molecule has 1 aromatic rings. The molecule has 0 spiro atoms. The monoisotopic (exact) mass is 285 g/mol. The molecule has 21 heavy (non-hydrogen) atoms. The number of nitrogens with zero attached hydrogens (tertiary/aromatic N) is 1. The molecule has 1 atom stereocenters. The minimum atomic E-state index is 0.0818. The molecule has 0 aliphatic carbocycles. The van der Waals surface area contributed by atoms with Gasteiger partial charge in [0, 0.05) is 31.5 Å². The van der Waals surface area contributed by atoms with Crippen molar-refractivity contribution in [2.75, 3.05) is 13.2 Å². The van der Waals surface area contributed by atoms with Gasteiger partial charge in [-0.05, 0) is 24.0 Å². The summed E-state index contributed by atoms with van der Waals surface area (Å²) in [6.07, 6.45) is 3.43. The molecule has 1 heterocycles. The molecule has 2 rings (SSSR count). The third-order valence-electron chi connectivity index (χ3n) is 3.83. The molecular formula is C18H23NO2. The average molecular weight is 285 g/mol. The van der Waals surface area contributed by atoms with Crippen molar-refractivity contribution in [1.82, 2.24) is 4.90 Å². The summed E-state index contributed by atoms with van der Waals surface area (Å²) in [6.45, 7) is 3.76. The van der Waals surface area contributed by atoms with Crippen molar-refractivity contribution in [3.05, 3.63) is 35.4 Å². The molecule has 1 aliphatic rings. The van der Waals surface area contributed by atoms with Crippen LogP contribution in [0.15, 0.2) is 24.3 Å². The van der Waals surface area contributed by atoms with E-state index in [1.807, 2.05) is 29.2 Å². The number of likely N-dealkylation sites (tertiary alicyclic amines) is 1. The van der Waals surface area contributed by atoms with Gasteiger partial charge in [0.2, 0.25) is 5.91 Å². The van der Waals surface area contributed by atoms with Crippen molar-refractivity contribution in [3.63, 3.8) is 0 Å². The van der Waals surface area contributed by atoms with Gasteiger partial charge in [0.25, 0.3) is 0 Å². The van der Waals surface area contributed by atoms with E-state index in [0.717, 1.165) is 30.5 Å². The molecule has 1 fully saturated rings. The van der Waals surface area contributed by atoms with E-state index in [2.05, 4.69) is 18.8 Å². The van der Waals surface area contributed by atoms with Crippen LogP contribution in [0.25, 0.3) is 0 Å². The molecule has 0 radical (unpaired) electrons. The lowest BCUT2D eigenvalue weighted by Gasteiger charge is -2.17. The molecular weight excluding hydrogens is 262 g/mol. The Hall–Kier alpha value is -1.79. The fraction of sp³-hybridized carbons (Fsp3) is 0.500. The highest BCUT2D eigenvalue weighted by Gasteiger charge is 2.28. The Balaban J connectivity index is 2.06. The zero-order valence-electron chi connectivity index (χ0n) is 12.6. The summed E-state index contributed by atoms with van der Waals surface area (Å²) in [6, 6.07) is 7.95. The van der Waals surface area contributed by atoms with E-state index in [1.165, 1.54) is 0 Å². The lowest BCUT2D eigenvalue weighted by Crippen LogP contribution is -2.25. The summed E-state index contributed by atoms with van der Waals surface area (Å²) in [7, 11) is 0. The first-order valence-electron chi connectivity index (χ1n) is 7.70. The predicted molar refractivity (Wildman–Crippen MR) is 83.5 cm³/mol. The number of benzene rings is 1. The minimum Gasteiger partial charge on any atom is -0.395 e. The number of amides is 1. The summed E-state index contributed by atoms with van der Waals surface area (Å²) in [5.41, 5.74) is 2.05. The fourth-order valence-electron chi connectivity index (χ4n) is 2.81. The van der Waals surface area contributed by atoms with Crippen LogP contribution in [0.1, 0.15) is 43.7 Å². The highest BCUT2D eigenvalue weighted by atomic mass is 16.2. The lowest BCUT2D eigenvalue weighted by atomic mass is 10.0. The van der Waals surface area contributed by atoms with Crippen molar-refractivity contribution in [3.8, 4) is 11.8 Å². The second-order valence-electron chi connectivity index (χ2n) is 5.57. The number of rotatable bonds is 5. The first kappa shape index (κ1) is 15.6. The maximum Gasteiger partial charge on any atom is 0.223 e. The van der Waals surface area contributed by atoms with E-state index in [4.69, 9.17) is 5.11 Å². The highest BCUT2D eigenvalue weighted by Crippen LogP contribution is 2.24. The molecule has 3 nitrogen and oxygen atoms in total. The van der Waals surface area contributed by atoms with Crippen LogP contribution < -0.4 is 0 Å². The molecule has 112 valence electrons. The van der Waals surface area contributed by atoms with Crippen LogP contribution in [-0.4, -0.2) is 29.1 Å². The third kappa shape index (κ3) is 4.34. The summed E-state index contributed by atoms with van der Waals surface area (Å²) in [4.78, 5) is 14.0. The Morgan fingerprint density at radius 1 is 1.38 bits per heavy atom. The normalized spacial score (nSPS) is 17.7. The van der Waals surface area contributed by atoms with Crippen molar-refractivity contribution in [2.45, 2.75) is 39.2 Å². The first-order valence-corrected chi connectivity index (χ1v) is 7.70. The molecule has 3 heteroatoms. The molecule has 1 N–H and O–H groups in total. The van der Waals surface area contributed by atoms with E-state index in [1.54, 1.807) is 0 Å². The van der Waals surface area contributed by atoms with Crippen LogP contribution in [0.2, 0.25) is 0 Å². The summed E-state index contributed by atoms with van der Waals surface area (Å²) in [5, 5.41) is 8.80. The predicted octanol–water partition coefficient (Wildman–Crippen LogP) is 2.57. The third-order valence-corrected chi connectivity index (χ3v) is 3.83. The van der Waals surface area contributed by atoms with E-state index >= 15 is 0 Å². The average Bonchev–Trinajstić information content (AvgIpc) is 2.81. The Kier molecular flexibility index (Phi) is 5.83. The molecule has 0 bridgehead atoms. The Morgan fingerprint density at radius 2 is 2.19 bits per heavy atom. The quantitative estimate of drug-likeness (QED) is 0.845. The maximum absolute atomic E-state index is 12.1. The van der Waals surface area contributed by atoms with Crippen LogP contribution in [0.4, 0.5) is 0 Å². The summed E-state index contributed by atoms with van der Waals surface area (Å²) < 4.78 is 0. The SMILES string of the molecule is CCCC1CC(=O)N(Cc2ccccc2C#CCCO)C1. The molecule has 0 aromatic heterocycles. The standard InChI is InChI=1S/C18H23NO2/c1-2-7-15-12-18(21)19(13-15)14-17-10-4-3-8-16(17)9-5-6-11-20/h3-4,8,10,15,20H,2,6-7,11-14H2,1H3. The van der Waals surface area contributed by atoms with Gasteiger partial charge in [-0.2, -0.15) is 0 Å². The van der Waals surface area contributed by atoms with Gasteiger partial charge >= 0.3 is 0 Å². The summed E-state index contributed by atoms with van der Waals surface area (Å²) >= 11 is 0. The lowest BCUT2D eigenvalue weighted by molar-refractivity contribution is -0.128. The number of aliphatic hydroxyl groups excluding tert-OH is 1. The summed E-state index contributed by atoms with van der Waals surface area (Å²) in [5.74, 6) is 6.81. The molecule has 1 aliphatic heterocycles.